The molecule has 12 heteroatoms. The van der Waals surface area contributed by atoms with Gasteiger partial charge < -0.3 is 26.0 Å². The summed E-state index contributed by atoms with van der Waals surface area (Å²) in [6.07, 6.45) is 24.4. The number of esters is 1. The zero-order valence-electron chi connectivity index (χ0n) is 32.6. The van der Waals surface area contributed by atoms with Crippen molar-refractivity contribution < 1.29 is 19.1 Å². The highest BCUT2D eigenvalue weighted by Gasteiger charge is 2.22. The van der Waals surface area contributed by atoms with E-state index in [1.165, 1.54) is 77.0 Å². The van der Waals surface area contributed by atoms with Crippen molar-refractivity contribution in [1.29, 1.82) is 0 Å². The molecule has 12 nitrogen and oxygen atoms in total. The van der Waals surface area contributed by atoms with Gasteiger partial charge in [0.15, 0.2) is 0 Å². The molecule has 3 rings (SSSR count). The number of hydrogen-bond acceptors (Lipinski definition) is 8. The lowest BCUT2D eigenvalue weighted by Crippen LogP contribution is -2.47. The Morgan fingerprint density at radius 1 is 0.615 bits per heavy atom. The lowest BCUT2D eigenvalue weighted by molar-refractivity contribution is -0.134. The molecule has 0 atom stereocenters. The molecule has 0 aliphatic heterocycles. The third-order valence-electron chi connectivity index (χ3n) is 9.62. The van der Waals surface area contributed by atoms with Gasteiger partial charge in [0.2, 0.25) is 0 Å². The molecule has 0 saturated heterocycles. The molecule has 2 saturated carbocycles. The molecule has 2 fully saturated rings. The maximum Gasteiger partial charge on any atom is 0.321 e. The lowest BCUT2D eigenvalue weighted by atomic mass is 9.96. The maximum absolute atomic E-state index is 12.5. The second kappa shape index (κ2) is 23.9. The number of anilines is 1. The van der Waals surface area contributed by atoms with E-state index in [1.807, 2.05) is 27.7 Å². The third-order valence-corrected chi connectivity index (χ3v) is 9.62. The Morgan fingerprint density at radius 2 is 1.06 bits per heavy atom. The van der Waals surface area contributed by atoms with E-state index in [-0.39, 0.29) is 24.1 Å². The fourth-order valence-corrected chi connectivity index (χ4v) is 6.63. The summed E-state index contributed by atoms with van der Waals surface area (Å²) in [5, 5.41) is 29.2. The van der Waals surface area contributed by atoms with E-state index in [9.17, 15) is 14.4 Å². The number of carbonyl (C=O) groups excluding carboxylic acids is 3. The van der Waals surface area contributed by atoms with Crippen molar-refractivity contribution in [2.24, 2.45) is 20.5 Å². The molecule has 4 N–H and O–H groups in total. The molecule has 4 amide bonds. The summed E-state index contributed by atoms with van der Waals surface area (Å²) in [5.41, 5.74) is -0.900. The molecule has 52 heavy (non-hydrogen) atoms. The number of urea groups is 2. The molecule has 1 aromatic rings. The van der Waals surface area contributed by atoms with E-state index in [2.05, 4.69) is 41.7 Å². The SMILES string of the molecule is CC(C)(N=NC1CCCCC1)NC(=O)NCCCCCCCCCCCCCC(=O)Oc1ccc(NC(=O)NC(C)(C)N=NC2CCCCC2)cc1. The molecule has 2 aliphatic rings. The van der Waals surface area contributed by atoms with Crippen LogP contribution in [-0.2, 0) is 4.79 Å². The first kappa shape index (κ1) is 42.8. The first-order chi connectivity index (χ1) is 25.0. The Labute approximate surface area is 313 Å². The number of carbonyl (C=O) groups is 3. The summed E-state index contributed by atoms with van der Waals surface area (Å²) in [6, 6.07) is 6.81. The minimum absolute atomic E-state index is 0.180. The number of nitrogens with one attached hydrogen (secondary N) is 4. The van der Waals surface area contributed by atoms with E-state index in [4.69, 9.17) is 4.74 Å². The van der Waals surface area contributed by atoms with Crippen LogP contribution in [0.5, 0.6) is 5.75 Å². The van der Waals surface area contributed by atoms with Crippen LogP contribution in [0.1, 0.15) is 169 Å². The summed E-state index contributed by atoms with van der Waals surface area (Å²) in [6.45, 7) is 8.09. The van der Waals surface area contributed by atoms with Crippen LogP contribution in [0.2, 0.25) is 0 Å². The fourth-order valence-electron chi connectivity index (χ4n) is 6.63. The molecule has 0 radical (unpaired) electrons. The van der Waals surface area contributed by atoms with Crippen molar-refractivity contribution in [3.8, 4) is 5.75 Å². The summed E-state index contributed by atoms with van der Waals surface area (Å²) in [5.74, 6) is 0.228. The number of rotatable bonds is 22. The predicted octanol–water partition coefficient (Wildman–Crippen LogP) is 10.7. The van der Waals surface area contributed by atoms with Crippen molar-refractivity contribution in [2.45, 2.75) is 192 Å². The second-order valence-corrected chi connectivity index (χ2v) is 15.7. The van der Waals surface area contributed by atoms with Gasteiger partial charge in [0.25, 0.3) is 0 Å². The van der Waals surface area contributed by atoms with Crippen LogP contribution in [0.3, 0.4) is 0 Å². The zero-order chi connectivity index (χ0) is 37.5. The zero-order valence-corrected chi connectivity index (χ0v) is 32.6. The van der Waals surface area contributed by atoms with Gasteiger partial charge in [0.1, 0.15) is 17.1 Å². The molecule has 0 heterocycles. The molecule has 0 spiro atoms. The van der Waals surface area contributed by atoms with Crippen LogP contribution in [0, 0.1) is 0 Å². The lowest BCUT2D eigenvalue weighted by Gasteiger charge is -2.23. The van der Waals surface area contributed by atoms with Gasteiger partial charge >= 0.3 is 18.0 Å². The van der Waals surface area contributed by atoms with Crippen LogP contribution in [0.4, 0.5) is 15.3 Å². The minimum atomic E-state index is -0.806. The second-order valence-electron chi connectivity index (χ2n) is 15.7. The third kappa shape index (κ3) is 19.9. The molecule has 0 bridgehead atoms. The van der Waals surface area contributed by atoms with Crippen LogP contribution < -0.4 is 26.0 Å². The summed E-state index contributed by atoms with van der Waals surface area (Å²) >= 11 is 0. The molecule has 0 unspecified atom stereocenters. The Kier molecular flexibility index (Phi) is 19.7. The van der Waals surface area contributed by atoms with Gasteiger partial charge in [-0.2, -0.15) is 20.5 Å². The molecule has 2 aliphatic carbocycles. The largest absolute Gasteiger partial charge is 0.427 e. The van der Waals surface area contributed by atoms with Crippen LogP contribution in [0.25, 0.3) is 0 Å². The highest BCUT2D eigenvalue weighted by atomic mass is 16.5. The van der Waals surface area contributed by atoms with Crippen molar-refractivity contribution in [3.63, 3.8) is 0 Å². The van der Waals surface area contributed by atoms with Gasteiger partial charge in [-0.25, -0.2) is 9.59 Å². The molecular formula is C40H68N8O4. The van der Waals surface area contributed by atoms with Gasteiger partial charge in [0.05, 0.1) is 12.1 Å². The van der Waals surface area contributed by atoms with Crippen LogP contribution in [0.15, 0.2) is 44.7 Å². The molecule has 1 aromatic carbocycles. The van der Waals surface area contributed by atoms with Crippen molar-refractivity contribution in [2.75, 3.05) is 11.9 Å². The number of benzene rings is 1. The van der Waals surface area contributed by atoms with Crippen molar-refractivity contribution in [1.82, 2.24) is 16.0 Å². The first-order valence-corrected chi connectivity index (χ1v) is 20.3. The van der Waals surface area contributed by atoms with Crippen molar-refractivity contribution >= 4 is 23.7 Å². The molecule has 292 valence electrons. The topological polar surface area (TPSA) is 158 Å². The minimum Gasteiger partial charge on any atom is -0.427 e. The standard InChI is InChI=1S/C40H68N8O4/c1-39(2,47-45-33-22-16-14-17-23-33)43-37(50)41-31-21-13-11-9-7-5-6-8-10-12-20-26-36(49)52-35-29-27-32(28-30-35)42-38(51)44-40(3,4)48-46-34-24-18-15-19-25-34/h27-30,33-34H,5-26,31H2,1-4H3,(H2,41,43,50)(H2,42,44,51). The van der Waals surface area contributed by atoms with E-state index >= 15 is 0 Å². The molecular weight excluding hydrogens is 656 g/mol. The quantitative estimate of drug-likeness (QED) is 0.0406. The van der Waals surface area contributed by atoms with Crippen LogP contribution in [-0.4, -0.2) is 48.0 Å². The van der Waals surface area contributed by atoms with Gasteiger partial charge in [-0.3, -0.25) is 4.79 Å². The van der Waals surface area contributed by atoms with E-state index in [0.29, 0.717) is 30.4 Å². The highest BCUT2D eigenvalue weighted by molar-refractivity contribution is 5.89. The molecule has 0 aromatic heterocycles. The van der Waals surface area contributed by atoms with Gasteiger partial charge in [-0.15, -0.1) is 0 Å². The number of unbranched alkanes of at least 4 members (excludes halogenated alkanes) is 10. The smallest absolute Gasteiger partial charge is 0.321 e. The average molecular weight is 725 g/mol. The summed E-state index contributed by atoms with van der Waals surface area (Å²) in [4.78, 5) is 37.1. The van der Waals surface area contributed by atoms with E-state index < -0.39 is 11.3 Å². The normalized spacial score (nSPS) is 16.2. The fraction of sp³-hybridized carbons (Fsp3) is 0.775. The van der Waals surface area contributed by atoms with Gasteiger partial charge in [-0.05, 0) is 90.5 Å². The Balaban J connectivity index is 1.11. The summed E-state index contributed by atoms with van der Waals surface area (Å²) < 4.78 is 5.48. The van der Waals surface area contributed by atoms with Gasteiger partial charge in [-0.1, -0.05) is 96.3 Å². The van der Waals surface area contributed by atoms with E-state index in [1.54, 1.807) is 24.3 Å². The Bertz CT molecular complexity index is 1240. The number of azo groups is 2. The predicted molar refractivity (Wildman–Crippen MR) is 208 cm³/mol. The number of nitrogens with zero attached hydrogens (tertiary/aromatic N) is 4. The van der Waals surface area contributed by atoms with E-state index in [0.717, 1.165) is 57.8 Å². The first-order valence-electron chi connectivity index (χ1n) is 20.3. The number of amides is 4. The number of ether oxygens (including phenoxy) is 1. The summed E-state index contributed by atoms with van der Waals surface area (Å²) in [7, 11) is 0. The highest BCUT2D eigenvalue weighted by Crippen LogP contribution is 2.23. The van der Waals surface area contributed by atoms with Gasteiger partial charge in [0, 0.05) is 18.7 Å². The average Bonchev–Trinajstić information content (AvgIpc) is 3.11. The van der Waals surface area contributed by atoms with Crippen molar-refractivity contribution in [3.05, 3.63) is 24.3 Å². The van der Waals surface area contributed by atoms with Crippen LogP contribution >= 0.6 is 0 Å². The number of hydrogen-bond donors (Lipinski definition) is 4. The maximum atomic E-state index is 12.5. The monoisotopic (exact) mass is 725 g/mol. The Hall–Kier alpha value is -3.57. The Morgan fingerprint density at radius 3 is 1.56 bits per heavy atom.